The van der Waals surface area contributed by atoms with Gasteiger partial charge in [-0.15, -0.1) is 0 Å². The standard InChI is InChI=1S/C16H33N.C2H4O2/c1-3-5-6-7-8-9-10-13-17-14-12-16(15-17)11-4-2;1-2(3)4/h16H,3-15H2,1-2H3;1H3,(H,3,4). The van der Waals surface area contributed by atoms with E-state index in [4.69, 9.17) is 9.90 Å². The molecule has 3 nitrogen and oxygen atoms in total. The fourth-order valence-corrected chi connectivity index (χ4v) is 3.05. The molecular weight excluding hydrogens is 262 g/mol. The monoisotopic (exact) mass is 299 g/mol. The second-order valence-corrected chi connectivity index (χ2v) is 6.38. The lowest BCUT2D eigenvalue weighted by molar-refractivity contribution is -0.134. The molecule has 1 aliphatic rings. The maximum atomic E-state index is 9.00. The molecule has 1 atom stereocenters. The average Bonchev–Trinajstić information content (AvgIpc) is 2.85. The Kier molecular flexibility index (Phi) is 14.0. The molecule has 0 aliphatic carbocycles. The number of unbranched alkanes of at least 4 members (excludes halogenated alkanes) is 6. The van der Waals surface area contributed by atoms with Crippen LogP contribution in [0.1, 0.15) is 85.0 Å². The van der Waals surface area contributed by atoms with Crippen LogP contribution in [-0.2, 0) is 4.79 Å². The largest absolute Gasteiger partial charge is 0.481 e. The minimum atomic E-state index is -0.833. The first kappa shape index (κ1) is 20.4. The zero-order valence-corrected chi connectivity index (χ0v) is 14.6. The van der Waals surface area contributed by atoms with Gasteiger partial charge in [0.25, 0.3) is 5.97 Å². The van der Waals surface area contributed by atoms with Gasteiger partial charge in [-0.05, 0) is 38.3 Å². The predicted octanol–water partition coefficient (Wildman–Crippen LogP) is 4.95. The summed E-state index contributed by atoms with van der Waals surface area (Å²) in [6.45, 7) is 9.83. The van der Waals surface area contributed by atoms with Crippen molar-refractivity contribution in [1.82, 2.24) is 4.90 Å². The van der Waals surface area contributed by atoms with Crippen molar-refractivity contribution in [3.63, 3.8) is 0 Å². The Bertz CT molecular complexity index is 239. The van der Waals surface area contributed by atoms with Gasteiger partial charge in [-0.3, -0.25) is 4.79 Å². The van der Waals surface area contributed by atoms with Crippen LogP contribution in [0.15, 0.2) is 0 Å². The summed E-state index contributed by atoms with van der Waals surface area (Å²) in [5.74, 6) is 0.185. The highest BCUT2D eigenvalue weighted by atomic mass is 16.4. The lowest BCUT2D eigenvalue weighted by atomic mass is 10.0. The topological polar surface area (TPSA) is 40.5 Å². The molecule has 21 heavy (non-hydrogen) atoms. The molecule has 0 radical (unpaired) electrons. The van der Waals surface area contributed by atoms with E-state index in [1.54, 1.807) is 0 Å². The van der Waals surface area contributed by atoms with Crippen molar-refractivity contribution < 1.29 is 9.90 Å². The minimum absolute atomic E-state index is 0.833. The molecule has 0 aromatic carbocycles. The lowest BCUT2D eigenvalue weighted by Crippen LogP contribution is -2.21. The third kappa shape index (κ3) is 14.1. The van der Waals surface area contributed by atoms with Gasteiger partial charge in [0.05, 0.1) is 0 Å². The van der Waals surface area contributed by atoms with Crippen molar-refractivity contribution in [2.75, 3.05) is 19.6 Å². The van der Waals surface area contributed by atoms with Crippen molar-refractivity contribution in [1.29, 1.82) is 0 Å². The van der Waals surface area contributed by atoms with E-state index in [9.17, 15) is 0 Å². The highest BCUT2D eigenvalue weighted by Gasteiger charge is 2.20. The highest BCUT2D eigenvalue weighted by Crippen LogP contribution is 2.21. The normalized spacial score (nSPS) is 18.3. The van der Waals surface area contributed by atoms with Gasteiger partial charge in [0.2, 0.25) is 0 Å². The molecule has 0 aromatic heterocycles. The third-order valence-corrected chi connectivity index (χ3v) is 4.14. The second kappa shape index (κ2) is 14.4. The summed E-state index contributed by atoms with van der Waals surface area (Å²) in [6.07, 6.45) is 14.4. The van der Waals surface area contributed by atoms with E-state index in [0.29, 0.717) is 0 Å². The molecular formula is C18H37NO2. The molecule has 1 rings (SSSR count). The van der Waals surface area contributed by atoms with Crippen LogP contribution in [0.25, 0.3) is 0 Å². The van der Waals surface area contributed by atoms with E-state index in [0.717, 1.165) is 12.8 Å². The van der Waals surface area contributed by atoms with E-state index in [1.807, 2.05) is 0 Å². The molecule has 1 saturated heterocycles. The molecule has 0 amide bonds. The van der Waals surface area contributed by atoms with Gasteiger partial charge in [0.1, 0.15) is 0 Å². The summed E-state index contributed by atoms with van der Waals surface area (Å²) in [7, 11) is 0. The lowest BCUT2D eigenvalue weighted by Gasteiger charge is -2.15. The summed E-state index contributed by atoms with van der Waals surface area (Å²) >= 11 is 0. The fourth-order valence-electron chi connectivity index (χ4n) is 3.05. The van der Waals surface area contributed by atoms with Gasteiger partial charge in [-0.2, -0.15) is 0 Å². The first-order valence-corrected chi connectivity index (χ1v) is 9.02. The van der Waals surface area contributed by atoms with Crippen LogP contribution in [0, 0.1) is 5.92 Å². The fraction of sp³-hybridized carbons (Fsp3) is 0.944. The molecule has 1 fully saturated rings. The maximum absolute atomic E-state index is 9.00. The van der Waals surface area contributed by atoms with Gasteiger partial charge in [0, 0.05) is 13.5 Å². The summed E-state index contributed by atoms with van der Waals surface area (Å²) in [5, 5.41) is 7.42. The Morgan fingerprint density at radius 2 is 1.62 bits per heavy atom. The van der Waals surface area contributed by atoms with Gasteiger partial charge < -0.3 is 10.0 Å². The van der Waals surface area contributed by atoms with Crippen molar-refractivity contribution >= 4 is 5.97 Å². The summed E-state index contributed by atoms with van der Waals surface area (Å²) in [5.41, 5.74) is 0. The summed E-state index contributed by atoms with van der Waals surface area (Å²) in [4.78, 5) is 11.7. The SMILES string of the molecule is CC(=O)O.CCCCCCCCCN1CCC(CCC)C1. The zero-order valence-electron chi connectivity index (χ0n) is 14.6. The van der Waals surface area contributed by atoms with E-state index >= 15 is 0 Å². The molecule has 0 spiro atoms. The number of hydrogen-bond acceptors (Lipinski definition) is 2. The first-order chi connectivity index (χ1) is 10.1. The molecule has 1 unspecified atom stereocenters. The van der Waals surface area contributed by atoms with Crippen LogP contribution in [0.2, 0.25) is 0 Å². The molecule has 3 heteroatoms. The van der Waals surface area contributed by atoms with E-state index in [-0.39, 0.29) is 0 Å². The third-order valence-electron chi connectivity index (χ3n) is 4.14. The molecule has 0 aromatic rings. The Morgan fingerprint density at radius 1 is 1.05 bits per heavy atom. The zero-order chi connectivity index (χ0) is 15.9. The highest BCUT2D eigenvalue weighted by molar-refractivity contribution is 5.62. The Hall–Kier alpha value is -0.570. The van der Waals surface area contributed by atoms with E-state index < -0.39 is 5.97 Å². The van der Waals surface area contributed by atoms with Crippen molar-refractivity contribution in [2.24, 2.45) is 5.92 Å². The van der Waals surface area contributed by atoms with Gasteiger partial charge in [-0.25, -0.2) is 0 Å². The van der Waals surface area contributed by atoms with Crippen LogP contribution < -0.4 is 0 Å². The molecule has 1 N–H and O–H groups in total. The van der Waals surface area contributed by atoms with E-state index in [1.165, 1.54) is 83.8 Å². The molecule has 0 saturated carbocycles. The Balaban J connectivity index is 0.000000885. The van der Waals surface area contributed by atoms with Crippen molar-refractivity contribution in [3.8, 4) is 0 Å². The van der Waals surface area contributed by atoms with Crippen LogP contribution >= 0.6 is 0 Å². The predicted molar refractivity (Wildman–Crippen MR) is 90.8 cm³/mol. The quantitative estimate of drug-likeness (QED) is 0.580. The number of carboxylic acid groups (broad SMARTS) is 1. The Morgan fingerprint density at radius 3 is 2.19 bits per heavy atom. The van der Waals surface area contributed by atoms with E-state index in [2.05, 4.69) is 18.7 Å². The van der Waals surface area contributed by atoms with Crippen molar-refractivity contribution in [3.05, 3.63) is 0 Å². The van der Waals surface area contributed by atoms with Crippen LogP contribution in [-0.4, -0.2) is 35.6 Å². The second-order valence-electron chi connectivity index (χ2n) is 6.38. The summed E-state index contributed by atoms with van der Waals surface area (Å²) in [6, 6.07) is 0. The molecule has 1 aliphatic heterocycles. The van der Waals surface area contributed by atoms with Crippen molar-refractivity contribution in [2.45, 2.75) is 85.0 Å². The number of rotatable bonds is 10. The average molecular weight is 299 g/mol. The number of hydrogen-bond donors (Lipinski definition) is 1. The minimum Gasteiger partial charge on any atom is -0.481 e. The Labute approximate surface area is 132 Å². The van der Waals surface area contributed by atoms with Crippen LogP contribution in [0.3, 0.4) is 0 Å². The number of carbonyl (C=O) groups is 1. The number of likely N-dealkylation sites (tertiary alicyclic amines) is 1. The maximum Gasteiger partial charge on any atom is 0.300 e. The van der Waals surface area contributed by atoms with Gasteiger partial charge in [-0.1, -0.05) is 58.8 Å². The van der Waals surface area contributed by atoms with Crippen LogP contribution in [0.5, 0.6) is 0 Å². The smallest absolute Gasteiger partial charge is 0.300 e. The molecule has 0 bridgehead atoms. The van der Waals surface area contributed by atoms with Gasteiger partial charge >= 0.3 is 0 Å². The number of aliphatic carboxylic acids is 1. The van der Waals surface area contributed by atoms with Gasteiger partial charge in [0.15, 0.2) is 0 Å². The molecule has 126 valence electrons. The first-order valence-electron chi connectivity index (χ1n) is 9.02. The number of nitrogens with zero attached hydrogens (tertiary/aromatic N) is 1. The van der Waals surface area contributed by atoms with Crippen LogP contribution in [0.4, 0.5) is 0 Å². The summed E-state index contributed by atoms with van der Waals surface area (Å²) < 4.78 is 0. The molecule has 1 heterocycles. The number of carboxylic acids is 1.